The van der Waals surface area contributed by atoms with Gasteiger partial charge in [0.1, 0.15) is 6.04 Å². The van der Waals surface area contributed by atoms with Gasteiger partial charge in [-0.3, -0.25) is 4.79 Å². The van der Waals surface area contributed by atoms with Crippen LogP contribution < -0.4 is 4.72 Å². The van der Waals surface area contributed by atoms with Gasteiger partial charge >= 0.3 is 0 Å². The third-order valence-corrected chi connectivity index (χ3v) is 3.91. The zero-order chi connectivity index (χ0) is 13.6. The maximum absolute atomic E-state index is 11.9. The Bertz CT molecular complexity index is 484. The van der Waals surface area contributed by atoms with Crippen LogP contribution in [0.4, 0.5) is 0 Å². The number of rotatable bonds is 7. The third kappa shape index (κ3) is 3.90. The summed E-state index contributed by atoms with van der Waals surface area (Å²) in [5, 5.41) is 9.09. The van der Waals surface area contributed by atoms with Crippen LogP contribution in [0.15, 0.2) is 35.2 Å². The molecule has 100 valence electrons. The van der Waals surface area contributed by atoms with Crippen LogP contribution in [0.1, 0.15) is 19.8 Å². The van der Waals surface area contributed by atoms with Crippen LogP contribution in [-0.4, -0.2) is 32.0 Å². The fourth-order valence-electron chi connectivity index (χ4n) is 1.48. The van der Waals surface area contributed by atoms with Crippen molar-refractivity contribution >= 4 is 15.8 Å². The molecule has 2 N–H and O–H groups in total. The molecule has 0 aromatic heterocycles. The molecule has 1 aromatic carbocycles. The van der Waals surface area contributed by atoms with E-state index >= 15 is 0 Å². The van der Waals surface area contributed by atoms with Crippen molar-refractivity contribution in [2.24, 2.45) is 0 Å². The lowest BCUT2D eigenvalue weighted by molar-refractivity contribution is -0.121. The lowest BCUT2D eigenvalue weighted by Gasteiger charge is -2.15. The van der Waals surface area contributed by atoms with Crippen LogP contribution in [-0.2, 0) is 14.8 Å². The minimum absolute atomic E-state index is 0.0766. The number of sulfonamides is 1. The molecule has 18 heavy (non-hydrogen) atoms. The summed E-state index contributed by atoms with van der Waals surface area (Å²) < 4.78 is 26.1. The Morgan fingerprint density at radius 2 is 1.94 bits per heavy atom. The van der Waals surface area contributed by atoms with Crippen molar-refractivity contribution < 1.29 is 18.3 Å². The monoisotopic (exact) mass is 271 g/mol. The Balaban J connectivity index is 2.85. The molecule has 0 saturated heterocycles. The molecule has 0 aliphatic rings. The minimum atomic E-state index is -3.77. The van der Waals surface area contributed by atoms with E-state index in [9.17, 15) is 13.2 Å². The lowest BCUT2D eigenvalue weighted by Crippen LogP contribution is -2.43. The molecular formula is C12H17NO4S. The molecule has 5 nitrogen and oxygen atoms in total. The molecule has 0 bridgehead atoms. The quantitative estimate of drug-likeness (QED) is 0.764. The molecule has 0 heterocycles. The third-order valence-electron chi connectivity index (χ3n) is 2.42. The molecule has 6 heteroatoms. The van der Waals surface area contributed by atoms with Gasteiger partial charge in [-0.25, -0.2) is 8.42 Å². The Morgan fingerprint density at radius 3 is 2.44 bits per heavy atom. The fraction of sp³-hybridized carbons (Fsp3) is 0.417. The van der Waals surface area contributed by atoms with Gasteiger partial charge in [-0.1, -0.05) is 25.1 Å². The van der Waals surface area contributed by atoms with Crippen molar-refractivity contribution in [3.63, 3.8) is 0 Å². The van der Waals surface area contributed by atoms with E-state index in [-0.39, 0.29) is 17.1 Å². The topological polar surface area (TPSA) is 83.5 Å². The van der Waals surface area contributed by atoms with Crippen molar-refractivity contribution in [3.05, 3.63) is 30.3 Å². The van der Waals surface area contributed by atoms with Crippen LogP contribution in [0.3, 0.4) is 0 Å². The van der Waals surface area contributed by atoms with Crippen molar-refractivity contribution in [2.45, 2.75) is 30.7 Å². The minimum Gasteiger partial charge on any atom is -0.394 e. The molecule has 0 spiro atoms. The SMILES string of the molecule is CCCC(=O)[C@H](CO)NS(=O)(=O)c1ccccc1. The average Bonchev–Trinajstić information content (AvgIpc) is 2.37. The number of carbonyl (C=O) groups excluding carboxylic acids is 1. The highest BCUT2D eigenvalue weighted by atomic mass is 32.2. The van der Waals surface area contributed by atoms with Crippen molar-refractivity contribution in [2.75, 3.05) is 6.61 Å². The maximum Gasteiger partial charge on any atom is 0.241 e. The molecule has 0 fully saturated rings. The Hall–Kier alpha value is -1.24. The summed E-state index contributed by atoms with van der Waals surface area (Å²) in [5.74, 6) is -0.306. The van der Waals surface area contributed by atoms with E-state index in [1.165, 1.54) is 12.1 Å². The molecule has 0 aliphatic carbocycles. The molecule has 0 aliphatic heterocycles. The van der Waals surface area contributed by atoms with E-state index in [4.69, 9.17) is 5.11 Å². The van der Waals surface area contributed by atoms with Crippen LogP contribution in [0.25, 0.3) is 0 Å². The summed E-state index contributed by atoms with van der Waals surface area (Å²) in [4.78, 5) is 11.7. The van der Waals surface area contributed by atoms with Crippen LogP contribution in [0.2, 0.25) is 0 Å². The van der Waals surface area contributed by atoms with Crippen LogP contribution in [0, 0.1) is 0 Å². The van der Waals surface area contributed by atoms with Gasteiger partial charge < -0.3 is 5.11 Å². The molecule has 0 radical (unpaired) electrons. The normalized spacial score (nSPS) is 13.2. The molecule has 1 aromatic rings. The van der Waals surface area contributed by atoms with Gasteiger partial charge in [0.25, 0.3) is 0 Å². The summed E-state index contributed by atoms with van der Waals surface area (Å²) in [6.07, 6.45) is 0.852. The zero-order valence-corrected chi connectivity index (χ0v) is 11.0. The van der Waals surface area contributed by atoms with E-state index < -0.39 is 22.7 Å². The number of Topliss-reactive ketones (excluding diaryl/α,β-unsaturated/α-hetero) is 1. The second kappa shape index (κ2) is 6.63. The number of hydrogen-bond donors (Lipinski definition) is 2. The number of nitrogens with one attached hydrogen (secondary N) is 1. The van der Waals surface area contributed by atoms with Gasteiger partial charge in [0, 0.05) is 6.42 Å². The molecule has 0 amide bonds. The van der Waals surface area contributed by atoms with Crippen LogP contribution >= 0.6 is 0 Å². The Morgan fingerprint density at radius 1 is 1.33 bits per heavy atom. The fourth-order valence-corrected chi connectivity index (χ4v) is 2.71. The summed E-state index contributed by atoms with van der Waals surface area (Å²) in [6, 6.07) is 6.68. The van der Waals surface area contributed by atoms with E-state index in [1.54, 1.807) is 18.2 Å². The number of benzene rings is 1. The first-order chi connectivity index (χ1) is 8.51. The summed E-state index contributed by atoms with van der Waals surface area (Å²) in [6.45, 7) is 1.28. The van der Waals surface area contributed by atoms with Crippen molar-refractivity contribution in [3.8, 4) is 0 Å². The first-order valence-corrected chi connectivity index (χ1v) is 7.20. The number of aliphatic hydroxyl groups is 1. The van der Waals surface area contributed by atoms with E-state index in [2.05, 4.69) is 4.72 Å². The second-order valence-corrected chi connectivity index (χ2v) is 5.60. The van der Waals surface area contributed by atoms with Crippen molar-refractivity contribution in [1.82, 2.24) is 4.72 Å². The number of aliphatic hydroxyl groups excluding tert-OH is 1. The second-order valence-electron chi connectivity index (χ2n) is 3.89. The molecule has 0 saturated carbocycles. The van der Waals surface area contributed by atoms with Crippen LogP contribution in [0.5, 0.6) is 0 Å². The van der Waals surface area contributed by atoms with E-state index in [1.807, 2.05) is 6.92 Å². The molecule has 1 atom stereocenters. The Kier molecular flexibility index (Phi) is 5.46. The average molecular weight is 271 g/mol. The summed E-state index contributed by atoms with van der Waals surface area (Å²) >= 11 is 0. The highest BCUT2D eigenvalue weighted by molar-refractivity contribution is 7.89. The van der Waals surface area contributed by atoms with Gasteiger partial charge in [-0.2, -0.15) is 4.72 Å². The smallest absolute Gasteiger partial charge is 0.241 e. The predicted octanol–water partition coefficient (Wildman–Crippen LogP) is 0.695. The highest BCUT2D eigenvalue weighted by Crippen LogP contribution is 2.09. The molecular weight excluding hydrogens is 254 g/mol. The summed E-state index contributed by atoms with van der Waals surface area (Å²) in [5.41, 5.74) is 0. The summed E-state index contributed by atoms with van der Waals surface area (Å²) in [7, 11) is -3.77. The Labute approximate surface area is 107 Å². The largest absolute Gasteiger partial charge is 0.394 e. The lowest BCUT2D eigenvalue weighted by atomic mass is 10.1. The van der Waals surface area contributed by atoms with Crippen molar-refractivity contribution in [1.29, 1.82) is 0 Å². The molecule has 1 rings (SSSR count). The van der Waals surface area contributed by atoms with Gasteiger partial charge in [0.15, 0.2) is 5.78 Å². The first kappa shape index (κ1) is 14.8. The first-order valence-electron chi connectivity index (χ1n) is 5.72. The van der Waals surface area contributed by atoms with Gasteiger partial charge in [-0.15, -0.1) is 0 Å². The molecule has 0 unspecified atom stereocenters. The maximum atomic E-state index is 11.9. The van der Waals surface area contributed by atoms with E-state index in [0.29, 0.717) is 6.42 Å². The van der Waals surface area contributed by atoms with Gasteiger partial charge in [0.05, 0.1) is 11.5 Å². The van der Waals surface area contributed by atoms with Gasteiger partial charge in [-0.05, 0) is 18.6 Å². The van der Waals surface area contributed by atoms with E-state index in [0.717, 1.165) is 0 Å². The highest BCUT2D eigenvalue weighted by Gasteiger charge is 2.24. The number of carbonyl (C=O) groups is 1. The van der Waals surface area contributed by atoms with Gasteiger partial charge in [0.2, 0.25) is 10.0 Å². The standard InChI is InChI=1S/C12H17NO4S/c1-2-6-12(15)11(9-14)13-18(16,17)10-7-4-3-5-8-10/h3-5,7-8,11,13-14H,2,6,9H2,1H3/t11-/m0/s1. The predicted molar refractivity (Wildman–Crippen MR) is 67.6 cm³/mol. The number of hydrogen-bond acceptors (Lipinski definition) is 4. The zero-order valence-electron chi connectivity index (χ0n) is 10.2. The number of ketones is 1.